The standard InChI is InChI=1S/C11H14FNO/c1-2-14-11(13)8-7-9-5-3-4-6-10(9)12/h3-6,13H,2,7-8H2,1H3. The number of hydrogen-bond donors (Lipinski definition) is 1. The molecule has 0 saturated carbocycles. The number of ether oxygens (including phenoxy) is 1. The fourth-order valence-corrected chi connectivity index (χ4v) is 1.20. The van der Waals surface area contributed by atoms with Crippen LogP contribution in [0.1, 0.15) is 18.9 Å². The molecule has 0 radical (unpaired) electrons. The quantitative estimate of drug-likeness (QED) is 0.581. The molecule has 0 unspecified atom stereocenters. The molecule has 0 aliphatic carbocycles. The first-order valence-corrected chi connectivity index (χ1v) is 4.67. The number of aryl methyl sites for hydroxylation is 1. The Morgan fingerprint density at radius 3 is 2.79 bits per heavy atom. The molecule has 0 aliphatic rings. The van der Waals surface area contributed by atoms with E-state index in [1.807, 2.05) is 6.92 Å². The summed E-state index contributed by atoms with van der Waals surface area (Å²) < 4.78 is 18.1. The molecule has 1 aromatic rings. The summed E-state index contributed by atoms with van der Waals surface area (Å²) in [6.45, 7) is 2.33. The molecule has 0 bridgehead atoms. The van der Waals surface area contributed by atoms with Gasteiger partial charge in [-0.3, -0.25) is 5.41 Å². The van der Waals surface area contributed by atoms with Crippen LogP contribution in [0.3, 0.4) is 0 Å². The summed E-state index contributed by atoms with van der Waals surface area (Å²) in [5.41, 5.74) is 0.636. The van der Waals surface area contributed by atoms with Gasteiger partial charge >= 0.3 is 0 Å². The zero-order chi connectivity index (χ0) is 10.4. The van der Waals surface area contributed by atoms with E-state index in [9.17, 15) is 4.39 Å². The molecule has 1 aromatic carbocycles. The molecule has 3 heteroatoms. The van der Waals surface area contributed by atoms with Gasteiger partial charge in [-0.25, -0.2) is 4.39 Å². The van der Waals surface area contributed by atoms with Crippen molar-refractivity contribution in [3.63, 3.8) is 0 Å². The molecular weight excluding hydrogens is 181 g/mol. The van der Waals surface area contributed by atoms with Crippen molar-refractivity contribution in [1.82, 2.24) is 0 Å². The normalized spacial score (nSPS) is 9.86. The van der Waals surface area contributed by atoms with Gasteiger partial charge in [0, 0.05) is 6.42 Å². The smallest absolute Gasteiger partial charge is 0.180 e. The maximum atomic E-state index is 13.1. The number of benzene rings is 1. The Hall–Kier alpha value is -1.38. The molecule has 2 nitrogen and oxygen atoms in total. The summed E-state index contributed by atoms with van der Waals surface area (Å²) in [6.07, 6.45) is 0.973. The third-order valence-corrected chi connectivity index (χ3v) is 1.90. The van der Waals surface area contributed by atoms with E-state index in [0.717, 1.165) is 0 Å². The van der Waals surface area contributed by atoms with Crippen molar-refractivity contribution in [3.05, 3.63) is 35.6 Å². The SMILES string of the molecule is CCOC(=N)CCc1ccccc1F. The van der Waals surface area contributed by atoms with Crippen molar-refractivity contribution >= 4 is 5.90 Å². The molecule has 0 aromatic heterocycles. The molecule has 0 amide bonds. The third-order valence-electron chi connectivity index (χ3n) is 1.90. The van der Waals surface area contributed by atoms with Crippen LogP contribution in [-0.2, 0) is 11.2 Å². The Bertz CT molecular complexity index is 312. The highest BCUT2D eigenvalue weighted by atomic mass is 19.1. The Kier molecular flexibility index (Phi) is 4.11. The summed E-state index contributed by atoms with van der Waals surface area (Å²) >= 11 is 0. The molecular formula is C11H14FNO. The predicted octanol–water partition coefficient (Wildman–Crippen LogP) is 2.77. The zero-order valence-corrected chi connectivity index (χ0v) is 8.22. The molecule has 0 heterocycles. The Morgan fingerprint density at radius 2 is 2.14 bits per heavy atom. The van der Waals surface area contributed by atoms with Crippen LogP contribution in [0.2, 0.25) is 0 Å². The van der Waals surface area contributed by atoms with Gasteiger partial charge in [0.25, 0.3) is 0 Å². The van der Waals surface area contributed by atoms with Crippen molar-refractivity contribution < 1.29 is 9.13 Å². The summed E-state index contributed by atoms with van der Waals surface area (Å²) in [7, 11) is 0. The topological polar surface area (TPSA) is 33.1 Å². The van der Waals surface area contributed by atoms with Gasteiger partial charge in [-0.2, -0.15) is 0 Å². The van der Waals surface area contributed by atoms with Gasteiger partial charge in [-0.05, 0) is 25.0 Å². The van der Waals surface area contributed by atoms with Crippen LogP contribution in [0.5, 0.6) is 0 Å². The lowest BCUT2D eigenvalue weighted by Crippen LogP contribution is -2.04. The van der Waals surface area contributed by atoms with Crippen molar-refractivity contribution in [3.8, 4) is 0 Å². The number of halogens is 1. The van der Waals surface area contributed by atoms with Crippen LogP contribution in [0.4, 0.5) is 4.39 Å². The van der Waals surface area contributed by atoms with Crippen LogP contribution in [0.25, 0.3) is 0 Å². The molecule has 0 aliphatic heterocycles. The summed E-state index contributed by atoms with van der Waals surface area (Å²) in [4.78, 5) is 0. The average molecular weight is 195 g/mol. The fourth-order valence-electron chi connectivity index (χ4n) is 1.20. The lowest BCUT2D eigenvalue weighted by Gasteiger charge is -2.05. The van der Waals surface area contributed by atoms with Gasteiger partial charge in [0.05, 0.1) is 6.61 Å². The van der Waals surface area contributed by atoms with Crippen molar-refractivity contribution in [2.45, 2.75) is 19.8 Å². The molecule has 0 atom stereocenters. The third kappa shape index (κ3) is 3.17. The Balaban J connectivity index is 2.46. The minimum Gasteiger partial charge on any atom is -0.481 e. The number of hydrogen-bond acceptors (Lipinski definition) is 2. The first kappa shape index (κ1) is 10.7. The second kappa shape index (κ2) is 5.37. The Morgan fingerprint density at radius 1 is 1.43 bits per heavy atom. The van der Waals surface area contributed by atoms with Gasteiger partial charge in [-0.1, -0.05) is 18.2 Å². The minimum absolute atomic E-state index is 0.211. The minimum atomic E-state index is -0.211. The van der Waals surface area contributed by atoms with E-state index < -0.39 is 0 Å². The van der Waals surface area contributed by atoms with Gasteiger partial charge in [0.2, 0.25) is 0 Å². The van der Waals surface area contributed by atoms with Gasteiger partial charge in [0.15, 0.2) is 5.90 Å². The monoisotopic (exact) mass is 195 g/mol. The van der Waals surface area contributed by atoms with Gasteiger partial charge in [0.1, 0.15) is 5.82 Å². The molecule has 0 fully saturated rings. The Labute approximate surface area is 83.2 Å². The van der Waals surface area contributed by atoms with Crippen LogP contribution in [0, 0.1) is 11.2 Å². The van der Waals surface area contributed by atoms with Crippen LogP contribution in [0.15, 0.2) is 24.3 Å². The lowest BCUT2D eigenvalue weighted by molar-refractivity contribution is 0.314. The molecule has 14 heavy (non-hydrogen) atoms. The van der Waals surface area contributed by atoms with Crippen molar-refractivity contribution in [2.75, 3.05) is 6.61 Å². The van der Waals surface area contributed by atoms with E-state index in [-0.39, 0.29) is 11.7 Å². The molecule has 1 rings (SSSR count). The van der Waals surface area contributed by atoms with Gasteiger partial charge in [-0.15, -0.1) is 0 Å². The fraction of sp³-hybridized carbons (Fsp3) is 0.364. The van der Waals surface area contributed by atoms with Crippen LogP contribution >= 0.6 is 0 Å². The highest BCUT2D eigenvalue weighted by molar-refractivity contribution is 5.72. The van der Waals surface area contributed by atoms with E-state index in [4.69, 9.17) is 10.1 Å². The second-order valence-corrected chi connectivity index (χ2v) is 2.95. The number of nitrogens with one attached hydrogen (secondary N) is 1. The van der Waals surface area contributed by atoms with Crippen molar-refractivity contribution in [1.29, 1.82) is 5.41 Å². The maximum absolute atomic E-state index is 13.1. The molecule has 0 spiro atoms. The van der Waals surface area contributed by atoms with Crippen LogP contribution < -0.4 is 0 Å². The zero-order valence-electron chi connectivity index (χ0n) is 8.22. The first-order valence-electron chi connectivity index (χ1n) is 4.67. The van der Waals surface area contributed by atoms with E-state index in [1.165, 1.54) is 6.07 Å². The number of rotatable bonds is 4. The van der Waals surface area contributed by atoms with Gasteiger partial charge < -0.3 is 4.74 Å². The van der Waals surface area contributed by atoms with E-state index in [0.29, 0.717) is 25.0 Å². The second-order valence-electron chi connectivity index (χ2n) is 2.95. The first-order chi connectivity index (χ1) is 6.74. The average Bonchev–Trinajstić information content (AvgIpc) is 2.17. The van der Waals surface area contributed by atoms with Crippen molar-refractivity contribution in [2.24, 2.45) is 0 Å². The highest BCUT2D eigenvalue weighted by Gasteiger charge is 2.02. The molecule has 76 valence electrons. The lowest BCUT2D eigenvalue weighted by atomic mass is 10.1. The van der Waals surface area contributed by atoms with E-state index in [2.05, 4.69) is 0 Å². The molecule has 1 N–H and O–H groups in total. The summed E-state index contributed by atoms with van der Waals surface area (Å²) in [6, 6.07) is 6.61. The maximum Gasteiger partial charge on any atom is 0.180 e. The largest absolute Gasteiger partial charge is 0.481 e. The highest BCUT2D eigenvalue weighted by Crippen LogP contribution is 2.09. The molecule has 0 saturated heterocycles. The summed E-state index contributed by atoms with van der Waals surface area (Å²) in [5, 5.41) is 7.36. The van der Waals surface area contributed by atoms with E-state index >= 15 is 0 Å². The summed E-state index contributed by atoms with van der Waals surface area (Å²) in [5.74, 6) is 0.00699. The predicted molar refractivity (Wildman–Crippen MR) is 54.1 cm³/mol. The van der Waals surface area contributed by atoms with Crippen LogP contribution in [-0.4, -0.2) is 12.5 Å². The van der Waals surface area contributed by atoms with E-state index in [1.54, 1.807) is 18.2 Å².